The Hall–Kier alpha value is -3.01. The van der Waals surface area contributed by atoms with Gasteiger partial charge >= 0.3 is 0 Å². The zero-order valence-corrected chi connectivity index (χ0v) is 21.4. The minimum atomic E-state index is -3.89. The maximum Gasteiger partial charge on any atom is 0.250 e. The zero-order valence-electron chi connectivity index (χ0n) is 19.8. The molecule has 36 heavy (non-hydrogen) atoms. The number of sulfonamides is 1. The Morgan fingerprint density at radius 2 is 1.81 bits per heavy atom. The second-order valence-corrected chi connectivity index (χ2v) is 10.8. The van der Waals surface area contributed by atoms with Crippen LogP contribution in [0.3, 0.4) is 0 Å². The van der Waals surface area contributed by atoms with Crippen molar-refractivity contribution in [1.82, 2.24) is 4.72 Å². The highest BCUT2D eigenvalue weighted by Crippen LogP contribution is 2.41. The summed E-state index contributed by atoms with van der Waals surface area (Å²) >= 11 is 1.10. The fraction of sp³-hybridized carbons (Fsp3) is 0.280. The van der Waals surface area contributed by atoms with E-state index in [1.165, 1.54) is 24.7 Å². The standard InChI is InChI=1S/C25H28FN4O4S2/c1-17-20(6-7-22(33-12-2-10-27)25(17)34-13-3-11-28)23-8-9-24(35-23)36(31,32)30-16-18-4-5-19(15-29)21(26)14-18/h4-9,14,16,30H,2-3,10-13,27-28H2,1H3. The molecule has 2 aromatic carbocycles. The molecule has 11 heteroatoms. The molecule has 0 fully saturated rings. The number of hydrogen-bond donors (Lipinski definition) is 3. The quantitative estimate of drug-likeness (QED) is 0.286. The van der Waals surface area contributed by atoms with E-state index in [1.54, 1.807) is 18.2 Å². The molecule has 1 aromatic heterocycles. The number of nitrogens with two attached hydrogens (primary N) is 2. The van der Waals surface area contributed by atoms with E-state index in [9.17, 15) is 12.8 Å². The van der Waals surface area contributed by atoms with Gasteiger partial charge in [0.15, 0.2) is 11.5 Å². The lowest BCUT2D eigenvalue weighted by molar-refractivity contribution is 0.264. The van der Waals surface area contributed by atoms with Gasteiger partial charge in [-0.1, -0.05) is 6.07 Å². The van der Waals surface area contributed by atoms with E-state index in [1.807, 2.05) is 13.0 Å². The predicted octanol–water partition coefficient (Wildman–Crippen LogP) is 3.68. The van der Waals surface area contributed by atoms with Gasteiger partial charge in [0.05, 0.1) is 25.3 Å². The SMILES string of the molecule is Cc1c(-c2ccc(S(=O)(=O)N[CH]c3ccc(C#N)c(F)c3)s2)ccc(OCCCN)c1OCCCN. The number of hydrogen-bond acceptors (Lipinski definition) is 8. The Labute approximate surface area is 214 Å². The van der Waals surface area contributed by atoms with E-state index in [2.05, 4.69) is 4.72 Å². The maximum atomic E-state index is 13.8. The molecule has 0 atom stereocenters. The highest BCUT2D eigenvalue weighted by molar-refractivity contribution is 7.91. The zero-order chi connectivity index (χ0) is 26.1. The van der Waals surface area contributed by atoms with Crippen molar-refractivity contribution < 1.29 is 22.3 Å². The fourth-order valence-electron chi connectivity index (χ4n) is 3.27. The molecule has 0 aliphatic carbocycles. The molecule has 0 unspecified atom stereocenters. The smallest absolute Gasteiger partial charge is 0.250 e. The Morgan fingerprint density at radius 1 is 1.08 bits per heavy atom. The summed E-state index contributed by atoms with van der Waals surface area (Å²) < 4.78 is 53.8. The van der Waals surface area contributed by atoms with Gasteiger partial charge in [-0.05, 0) is 80.4 Å². The lowest BCUT2D eigenvalue weighted by Gasteiger charge is -2.17. The van der Waals surface area contributed by atoms with Crippen LogP contribution in [0, 0.1) is 30.6 Å². The van der Waals surface area contributed by atoms with Crippen LogP contribution in [0.25, 0.3) is 10.4 Å². The number of ether oxygens (including phenoxy) is 2. The summed E-state index contributed by atoms with van der Waals surface area (Å²) in [5.74, 6) is 0.460. The lowest BCUT2D eigenvalue weighted by Crippen LogP contribution is -2.20. The molecule has 0 aliphatic rings. The van der Waals surface area contributed by atoms with Gasteiger partial charge in [0.25, 0.3) is 10.0 Å². The van der Waals surface area contributed by atoms with Crippen LogP contribution in [0.4, 0.5) is 4.39 Å². The molecule has 0 saturated heterocycles. The van der Waals surface area contributed by atoms with E-state index in [0.717, 1.165) is 33.4 Å². The number of nitriles is 1. The summed E-state index contributed by atoms with van der Waals surface area (Å²) in [6, 6.07) is 12.5. The monoisotopic (exact) mass is 531 g/mol. The van der Waals surface area contributed by atoms with Crippen LogP contribution in [0.5, 0.6) is 11.5 Å². The van der Waals surface area contributed by atoms with Crippen LogP contribution >= 0.6 is 11.3 Å². The number of halogens is 1. The second kappa shape index (κ2) is 12.8. The van der Waals surface area contributed by atoms with Gasteiger partial charge in [-0.2, -0.15) is 5.26 Å². The molecule has 8 nitrogen and oxygen atoms in total. The molecule has 0 aliphatic heterocycles. The molecular formula is C25H28FN4O4S2. The molecule has 1 heterocycles. The Bertz CT molecular complexity index is 1340. The first-order chi connectivity index (χ1) is 17.3. The number of nitrogens with zero attached hydrogens (tertiary/aromatic N) is 1. The molecule has 0 bridgehead atoms. The Kier molecular flexibility index (Phi) is 9.81. The predicted molar refractivity (Wildman–Crippen MR) is 138 cm³/mol. The average Bonchev–Trinajstić information content (AvgIpc) is 3.36. The minimum Gasteiger partial charge on any atom is -0.490 e. The number of nitrogens with one attached hydrogen (secondary N) is 1. The molecule has 191 valence electrons. The molecule has 0 spiro atoms. The molecular weight excluding hydrogens is 503 g/mol. The van der Waals surface area contributed by atoms with Crippen molar-refractivity contribution in [3.63, 3.8) is 0 Å². The molecule has 1 radical (unpaired) electrons. The molecule has 0 saturated carbocycles. The largest absolute Gasteiger partial charge is 0.490 e. The van der Waals surface area contributed by atoms with Crippen molar-refractivity contribution >= 4 is 21.4 Å². The highest BCUT2D eigenvalue weighted by atomic mass is 32.2. The van der Waals surface area contributed by atoms with Crippen LogP contribution in [0.15, 0.2) is 46.7 Å². The van der Waals surface area contributed by atoms with Gasteiger partial charge < -0.3 is 20.9 Å². The van der Waals surface area contributed by atoms with Crippen LogP contribution in [0.1, 0.15) is 29.5 Å². The van der Waals surface area contributed by atoms with Gasteiger partial charge in [-0.25, -0.2) is 17.5 Å². The van der Waals surface area contributed by atoms with Crippen molar-refractivity contribution in [1.29, 1.82) is 5.26 Å². The van der Waals surface area contributed by atoms with Gasteiger partial charge in [0, 0.05) is 10.4 Å². The van der Waals surface area contributed by atoms with Crippen molar-refractivity contribution in [2.24, 2.45) is 11.5 Å². The van der Waals surface area contributed by atoms with Crippen molar-refractivity contribution in [3.8, 4) is 28.0 Å². The third-order valence-electron chi connectivity index (χ3n) is 5.18. The molecule has 5 N–H and O–H groups in total. The Balaban J connectivity index is 1.81. The number of rotatable bonds is 13. The third kappa shape index (κ3) is 6.81. The highest BCUT2D eigenvalue weighted by Gasteiger charge is 2.20. The summed E-state index contributed by atoms with van der Waals surface area (Å²) in [5.41, 5.74) is 13.0. The first kappa shape index (κ1) is 27.6. The van der Waals surface area contributed by atoms with E-state index in [4.69, 9.17) is 26.2 Å². The summed E-state index contributed by atoms with van der Waals surface area (Å²) in [4.78, 5) is 0.731. The van der Waals surface area contributed by atoms with Crippen LogP contribution in [0.2, 0.25) is 0 Å². The topological polar surface area (TPSA) is 140 Å². The summed E-state index contributed by atoms with van der Waals surface area (Å²) in [5, 5.41) is 8.83. The lowest BCUT2D eigenvalue weighted by atomic mass is 10.1. The van der Waals surface area contributed by atoms with Crippen LogP contribution < -0.4 is 25.7 Å². The van der Waals surface area contributed by atoms with Gasteiger partial charge in [0.1, 0.15) is 16.1 Å². The summed E-state index contributed by atoms with van der Waals surface area (Å²) in [6.07, 6.45) is 1.38. The second-order valence-electron chi connectivity index (χ2n) is 7.78. The van der Waals surface area contributed by atoms with Crippen molar-refractivity contribution in [2.75, 3.05) is 26.3 Å². The van der Waals surface area contributed by atoms with Gasteiger partial charge in [-0.3, -0.25) is 0 Å². The van der Waals surface area contributed by atoms with E-state index in [-0.39, 0.29) is 15.3 Å². The van der Waals surface area contributed by atoms with Crippen LogP contribution in [-0.4, -0.2) is 34.7 Å². The Morgan fingerprint density at radius 3 is 2.47 bits per heavy atom. The van der Waals surface area contributed by atoms with E-state index < -0.39 is 15.8 Å². The molecule has 3 rings (SSSR count). The first-order valence-corrected chi connectivity index (χ1v) is 13.6. The van der Waals surface area contributed by atoms with E-state index >= 15 is 0 Å². The molecule has 3 aromatic rings. The number of benzene rings is 2. The summed E-state index contributed by atoms with van der Waals surface area (Å²) in [6.45, 7) is 4.96. The third-order valence-corrected chi connectivity index (χ3v) is 8.09. The van der Waals surface area contributed by atoms with Crippen LogP contribution in [-0.2, 0) is 10.0 Å². The van der Waals surface area contributed by atoms with E-state index in [0.29, 0.717) is 50.6 Å². The average molecular weight is 532 g/mol. The first-order valence-electron chi connectivity index (χ1n) is 11.3. The van der Waals surface area contributed by atoms with Gasteiger partial charge in [0.2, 0.25) is 0 Å². The normalized spacial score (nSPS) is 11.3. The van der Waals surface area contributed by atoms with Gasteiger partial charge in [-0.15, -0.1) is 11.3 Å². The fourth-order valence-corrected chi connectivity index (χ4v) is 5.60. The summed E-state index contributed by atoms with van der Waals surface area (Å²) in [7, 11) is -3.89. The van der Waals surface area contributed by atoms with Crippen molar-refractivity contribution in [2.45, 2.75) is 24.0 Å². The minimum absolute atomic E-state index is 0.0936. The maximum absolute atomic E-state index is 13.8. The molecule has 0 amide bonds. The van der Waals surface area contributed by atoms with Crippen molar-refractivity contribution in [3.05, 3.63) is 71.5 Å². The number of thiophene rings is 1.